The van der Waals surface area contributed by atoms with E-state index >= 15 is 0 Å². The molecule has 1 aromatic rings. The number of rotatable bonds is 5. The van der Waals surface area contributed by atoms with Crippen LogP contribution in [-0.4, -0.2) is 36.6 Å². The molecule has 1 fully saturated rings. The predicted octanol–water partition coefficient (Wildman–Crippen LogP) is 3.08. The first-order chi connectivity index (χ1) is 9.60. The average molecular weight is 278 g/mol. The Labute approximate surface area is 122 Å². The van der Waals surface area contributed by atoms with Crippen molar-refractivity contribution in [3.05, 3.63) is 35.6 Å². The Kier molecular flexibility index (Phi) is 5.55. The van der Waals surface area contributed by atoms with Crippen LogP contribution in [0.2, 0.25) is 0 Å². The number of nitrogens with zero attached hydrogens (tertiary/aromatic N) is 1. The smallest absolute Gasteiger partial charge is 0.123 e. The lowest BCUT2D eigenvalue weighted by atomic mass is 9.98. The molecule has 2 rings (SSSR count). The van der Waals surface area contributed by atoms with Crippen molar-refractivity contribution in [1.29, 1.82) is 0 Å². The van der Waals surface area contributed by atoms with Crippen LogP contribution in [0.5, 0.6) is 0 Å². The van der Waals surface area contributed by atoms with Crippen LogP contribution in [0.15, 0.2) is 24.3 Å². The van der Waals surface area contributed by atoms with E-state index in [-0.39, 0.29) is 5.82 Å². The van der Waals surface area contributed by atoms with Crippen molar-refractivity contribution in [2.75, 3.05) is 19.6 Å². The maximum atomic E-state index is 13.2. The molecule has 0 aromatic heterocycles. The Balaban J connectivity index is 1.94. The molecule has 2 unspecified atom stereocenters. The van der Waals surface area contributed by atoms with E-state index in [0.717, 1.165) is 31.6 Å². The van der Waals surface area contributed by atoms with Gasteiger partial charge in [-0.3, -0.25) is 4.90 Å². The van der Waals surface area contributed by atoms with Crippen molar-refractivity contribution >= 4 is 0 Å². The zero-order valence-corrected chi connectivity index (χ0v) is 12.9. The van der Waals surface area contributed by atoms with Gasteiger partial charge in [0, 0.05) is 31.7 Å². The SMILES string of the molecule is CCC1CNC(C(C)C)CN1CCc1cccc(F)c1. The Morgan fingerprint density at radius 3 is 2.85 bits per heavy atom. The molecule has 1 aliphatic heterocycles. The summed E-state index contributed by atoms with van der Waals surface area (Å²) in [5, 5.41) is 3.66. The van der Waals surface area contributed by atoms with E-state index in [9.17, 15) is 4.39 Å². The normalized spacial score (nSPS) is 24.2. The van der Waals surface area contributed by atoms with Gasteiger partial charge in [0.05, 0.1) is 0 Å². The number of benzene rings is 1. The Morgan fingerprint density at radius 1 is 1.40 bits per heavy atom. The van der Waals surface area contributed by atoms with Crippen molar-refractivity contribution in [1.82, 2.24) is 10.2 Å². The predicted molar refractivity (Wildman–Crippen MR) is 82.4 cm³/mol. The molecule has 0 bridgehead atoms. The summed E-state index contributed by atoms with van der Waals surface area (Å²) in [5.41, 5.74) is 1.10. The second-order valence-corrected chi connectivity index (χ2v) is 6.20. The Morgan fingerprint density at radius 2 is 2.20 bits per heavy atom. The van der Waals surface area contributed by atoms with E-state index in [1.807, 2.05) is 6.07 Å². The van der Waals surface area contributed by atoms with Crippen LogP contribution in [0.4, 0.5) is 4.39 Å². The van der Waals surface area contributed by atoms with Gasteiger partial charge in [-0.25, -0.2) is 4.39 Å². The van der Waals surface area contributed by atoms with Crippen molar-refractivity contribution in [3.63, 3.8) is 0 Å². The van der Waals surface area contributed by atoms with Gasteiger partial charge in [0.1, 0.15) is 5.82 Å². The summed E-state index contributed by atoms with van der Waals surface area (Å²) < 4.78 is 13.2. The molecule has 1 aromatic carbocycles. The highest BCUT2D eigenvalue weighted by Gasteiger charge is 2.27. The summed E-state index contributed by atoms with van der Waals surface area (Å²) in [4.78, 5) is 2.58. The molecule has 20 heavy (non-hydrogen) atoms. The highest BCUT2D eigenvalue weighted by Crippen LogP contribution is 2.16. The molecule has 1 saturated heterocycles. The number of piperazine rings is 1. The maximum absolute atomic E-state index is 13.2. The van der Waals surface area contributed by atoms with Gasteiger partial charge in [0.15, 0.2) is 0 Å². The third kappa shape index (κ3) is 4.03. The molecule has 2 nitrogen and oxygen atoms in total. The van der Waals surface area contributed by atoms with Crippen LogP contribution in [0.3, 0.4) is 0 Å². The van der Waals surface area contributed by atoms with E-state index in [4.69, 9.17) is 0 Å². The molecule has 1 heterocycles. The topological polar surface area (TPSA) is 15.3 Å². The first-order valence-electron chi connectivity index (χ1n) is 7.82. The molecule has 1 aliphatic rings. The van der Waals surface area contributed by atoms with Crippen LogP contribution in [0.25, 0.3) is 0 Å². The Bertz CT molecular complexity index is 419. The average Bonchev–Trinajstić information content (AvgIpc) is 2.44. The summed E-state index contributed by atoms with van der Waals surface area (Å²) in [6.45, 7) is 9.99. The van der Waals surface area contributed by atoms with E-state index in [0.29, 0.717) is 18.0 Å². The van der Waals surface area contributed by atoms with Crippen molar-refractivity contribution < 1.29 is 4.39 Å². The minimum atomic E-state index is -0.130. The fourth-order valence-corrected chi connectivity index (χ4v) is 2.97. The molecule has 112 valence electrons. The minimum absolute atomic E-state index is 0.130. The summed E-state index contributed by atoms with van der Waals surface area (Å²) in [6, 6.07) is 8.17. The molecule has 0 aliphatic carbocycles. The lowest BCUT2D eigenvalue weighted by Gasteiger charge is -2.41. The zero-order chi connectivity index (χ0) is 14.5. The van der Waals surface area contributed by atoms with E-state index in [1.54, 1.807) is 12.1 Å². The Hall–Kier alpha value is -0.930. The molecular formula is C17H27FN2. The summed E-state index contributed by atoms with van der Waals surface area (Å²) in [7, 11) is 0. The summed E-state index contributed by atoms with van der Waals surface area (Å²) in [6.07, 6.45) is 2.10. The quantitative estimate of drug-likeness (QED) is 0.890. The van der Waals surface area contributed by atoms with Crippen molar-refractivity contribution in [2.24, 2.45) is 5.92 Å². The monoisotopic (exact) mass is 278 g/mol. The van der Waals surface area contributed by atoms with Gasteiger partial charge in [-0.1, -0.05) is 32.9 Å². The van der Waals surface area contributed by atoms with Crippen LogP contribution >= 0.6 is 0 Å². The van der Waals surface area contributed by atoms with Gasteiger partial charge in [-0.15, -0.1) is 0 Å². The third-order valence-corrected chi connectivity index (χ3v) is 4.42. The summed E-state index contributed by atoms with van der Waals surface area (Å²) >= 11 is 0. The number of halogens is 1. The third-order valence-electron chi connectivity index (χ3n) is 4.42. The van der Waals surface area contributed by atoms with Gasteiger partial charge in [0.2, 0.25) is 0 Å². The van der Waals surface area contributed by atoms with Crippen LogP contribution in [0, 0.1) is 11.7 Å². The lowest BCUT2D eigenvalue weighted by Crippen LogP contribution is -2.58. The van der Waals surface area contributed by atoms with Gasteiger partial charge in [-0.2, -0.15) is 0 Å². The minimum Gasteiger partial charge on any atom is -0.311 e. The molecule has 1 N–H and O–H groups in total. The second-order valence-electron chi connectivity index (χ2n) is 6.20. The fourth-order valence-electron chi connectivity index (χ4n) is 2.97. The van der Waals surface area contributed by atoms with Gasteiger partial charge in [0.25, 0.3) is 0 Å². The van der Waals surface area contributed by atoms with Crippen molar-refractivity contribution in [2.45, 2.75) is 45.7 Å². The van der Waals surface area contributed by atoms with Crippen LogP contribution in [-0.2, 0) is 6.42 Å². The number of hydrogen-bond acceptors (Lipinski definition) is 2. The highest BCUT2D eigenvalue weighted by molar-refractivity contribution is 5.16. The van der Waals surface area contributed by atoms with E-state index < -0.39 is 0 Å². The van der Waals surface area contributed by atoms with Gasteiger partial charge >= 0.3 is 0 Å². The zero-order valence-electron chi connectivity index (χ0n) is 12.9. The summed E-state index contributed by atoms with van der Waals surface area (Å²) in [5.74, 6) is 0.527. The number of hydrogen-bond donors (Lipinski definition) is 1. The first kappa shape index (κ1) is 15.5. The molecule has 0 amide bonds. The molecular weight excluding hydrogens is 251 g/mol. The van der Waals surface area contributed by atoms with E-state index in [2.05, 4.69) is 31.0 Å². The van der Waals surface area contributed by atoms with Crippen LogP contribution < -0.4 is 5.32 Å². The van der Waals surface area contributed by atoms with Gasteiger partial charge < -0.3 is 5.32 Å². The molecule has 0 saturated carbocycles. The van der Waals surface area contributed by atoms with Crippen LogP contribution in [0.1, 0.15) is 32.8 Å². The second kappa shape index (κ2) is 7.19. The molecule has 0 radical (unpaired) electrons. The first-order valence-corrected chi connectivity index (χ1v) is 7.82. The fraction of sp³-hybridized carbons (Fsp3) is 0.647. The number of nitrogens with one attached hydrogen (secondary N) is 1. The standard InChI is InChI=1S/C17H27FN2/c1-4-16-11-19-17(13(2)3)12-20(16)9-8-14-6-5-7-15(18)10-14/h5-7,10,13,16-17,19H,4,8-9,11-12H2,1-3H3. The highest BCUT2D eigenvalue weighted by atomic mass is 19.1. The largest absolute Gasteiger partial charge is 0.311 e. The maximum Gasteiger partial charge on any atom is 0.123 e. The van der Waals surface area contributed by atoms with Gasteiger partial charge in [-0.05, 0) is 36.5 Å². The lowest BCUT2D eigenvalue weighted by molar-refractivity contribution is 0.112. The van der Waals surface area contributed by atoms with Crippen molar-refractivity contribution in [3.8, 4) is 0 Å². The molecule has 3 heteroatoms. The van der Waals surface area contributed by atoms with E-state index in [1.165, 1.54) is 12.5 Å². The molecule has 2 atom stereocenters. The molecule has 0 spiro atoms.